The van der Waals surface area contributed by atoms with Crippen LogP contribution in [0.2, 0.25) is 0 Å². The van der Waals surface area contributed by atoms with Gasteiger partial charge in [0.2, 0.25) is 0 Å². The van der Waals surface area contributed by atoms with Gasteiger partial charge in [0.15, 0.2) is 0 Å². The minimum absolute atomic E-state index is 0.0594. The minimum atomic E-state index is -0.693. The van der Waals surface area contributed by atoms with E-state index in [1.54, 1.807) is 26.8 Å². The number of halogens is 1. The highest BCUT2D eigenvalue weighted by Crippen LogP contribution is 2.39. The highest BCUT2D eigenvalue weighted by atomic mass is 35.5. The second-order valence-electron chi connectivity index (χ2n) is 12.5. The Bertz CT molecular complexity index is 1220. The smallest absolute Gasteiger partial charge is 0.349 e. The molecule has 1 aromatic carbocycles. The van der Waals surface area contributed by atoms with E-state index in [0.717, 1.165) is 47.5 Å². The number of hydrogen-bond acceptors (Lipinski definition) is 7. The lowest BCUT2D eigenvalue weighted by atomic mass is 9.88. The molecule has 0 saturated carbocycles. The molecule has 0 radical (unpaired) electrons. The number of carbonyl (C=O) groups excluding carboxylic acids is 2. The third kappa shape index (κ3) is 12.2. The summed E-state index contributed by atoms with van der Waals surface area (Å²) in [5.74, 6) is -0.320. The van der Waals surface area contributed by atoms with Crippen molar-refractivity contribution in [3.63, 3.8) is 0 Å². The normalized spacial score (nSPS) is 14.4. The van der Waals surface area contributed by atoms with Gasteiger partial charge >= 0.3 is 11.9 Å². The van der Waals surface area contributed by atoms with Crippen LogP contribution < -0.4 is 4.90 Å². The second kappa shape index (κ2) is 17.3. The van der Waals surface area contributed by atoms with Crippen molar-refractivity contribution in [1.82, 2.24) is 0 Å². The van der Waals surface area contributed by atoms with E-state index in [9.17, 15) is 14.9 Å². The summed E-state index contributed by atoms with van der Waals surface area (Å²) in [5, 5.41) is 9.56. The van der Waals surface area contributed by atoms with Gasteiger partial charge in [-0.05, 0) is 83.7 Å². The van der Waals surface area contributed by atoms with Crippen LogP contribution >= 0.6 is 11.6 Å². The first kappa shape index (κ1) is 36.1. The zero-order chi connectivity index (χ0) is 32.0. The van der Waals surface area contributed by atoms with Crippen LogP contribution in [0.5, 0.6) is 0 Å². The number of nitrogens with zero attached hydrogens (tertiary/aromatic N) is 2. The van der Waals surface area contributed by atoms with Crippen molar-refractivity contribution in [2.75, 3.05) is 37.1 Å². The molecule has 43 heavy (non-hydrogen) atoms. The maximum atomic E-state index is 12.6. The summed E-state index contributed by atoms with van der Waals surface area (Å²) in [5.41, 5.74) is 3.12. The van der Waals surface area contributed by atoms with Crippen molar-refractivity contribution >= 4 is 40.9 Å². The monoisotopic (exact) mass is 612 g/mol. The highest BCUT2D eigenvalue weighted by Gasteiger charge is 2.31. The number of benzene rings is 1. The van der Waals surface area contributed by atoms with E-state index in [4.69, 9.17) is 25.8 Å². The zero-order valence-corrected chi connectivity index (χ0v) is 27.6. The molecule has 8 heteroatoms. The summed E-state index contributed by atoms with van der Waals surface area (Å²) in [6.45, 7) is 17.3. The van der Waals surface area contributed by atoms with Crippen LogP contribution in [0.3, 0.4) is 0 Å². The molecule has 1 aliphatic heterocycles. The molecule has 0 aliphatic carbocycles. The molecular formula is C35H49ClN2O5. The lowest BCUT2D eigenvalue weighted by Gasteiger charge is -2.43. The van der Waals surface area contributed by atoms with Gasteiger partial charge in [-0.2, -0.15) is 5.26 Å². The number of fused-ring (bicyclic) bond motifs is 1. The average molecular weight is 613 g/mol. The largest absolute Gasteiger partial charge is 0.460 e. The molecule has 0 atom stereocenters. The van der Waals surface area contributed by atoms with Gasteiger partial charge in [0.1, 0.15) is 23.9 Å². The molecule has 1 aromatic rings. The molecule has 7 nitrogen and oxygen atoms in total. The molecule has 0 fully saturated rings. The quantitative estimate of drug-likeness (QED) is 0.0578. The standard InChI is InChI=1S/C35H49ClN2O5/c1-26(16-20-41-19-13-11-9-8-10-12-17-36)32(39)42-21-18-38-31-15-14-28(23-30(31)27(2)24-35(38,6)7)22-29(25-37)33(40)43-34(3,4)5/h14-15,22-24H,1,8-13,16-21H2,2-7H3/b29-22+. The maximum absolute atomic E-state index is 12.6. The fourth-order valence-electron chi connectivity index (χ4n) is 4.97. The van der Waals surface area contributed by atoms with Crippen molar-refractivity contribution in [3.8, 4) is 6.07 Å². The molecule has 1 aliphatic rings. The molecule has 0 N–H and O–H groups in total. The zero-order valence-electron chi connectivity index (χ0n) is 26.9. The number of unbranched alkanes of at least 4 members (excludes halogenated alkanes) is 5. The fraction of sp³-hybridized carbons (Fsp3) is 0.571. The predicted molar refractivity (Wildman–Crippen MR) is 175 cm³/mol. The Labute approximate surface area is 263 Å². The van der Waals surface area contributed by atoms with Crippen LogP contribution in [0.4, 0.5) is 5.69 Å². The van der Waals surface area contributed by atoms with Gasteiger partial charge in [-0.25, -0.2) is 9.59 Å². The molecule has 1 heterocycles. The van der Waals surface area contributed by atoms with Gasteiger partial charge in [-0.15, -0.1) is 11.6 Å². The minimum Gasteiger partial charge on any atom is -0.460 e. The van der Waals surface area contributed by atoms with Crippen LogP contribution in [-0.4, -0.2) is 55.3 Å². The SMILES string of the molecule is C=C(CCOCCCCCCCCCl)C(=O)OCCN1c2ccc(/C=C(\C#N)C(=O)OC(C)(C)C)cc2C(C)=CC1(C)C. The number of carbonyl (C=O) groups is 2. The number of esters is 2. The molecule has 0 amide bonds. The van der Waals surface area contributed by atoms with Crippen molar-refractivity contribution in [2.24, 2.45) is 0 Å². The van der Waals surface area contributed by atoms with E-state index in [2.05, 4.69) is 31.4 Å². The molecule has 2 rings (SSSR count). The number of alkyl halides is 1. The van der Waals surface area contributed by atoms with Gasteiger partial charge in [0.05, 0.1) is 18.7 Å². The number of allylic oxidation sites excluding steroid dienone is 1. The van der Waals surface area contributed by atoms with Crippen molar-refractivity contribution < 1.29 is 23.8 Å². The van der Waals surface area contributed by atoms with Crippen LogP contribution in [0.1, 0.15) is 97.6 Å². The van der Waals surface area contributed by atoms with Crippen LogP contribution in [-0.2, 0) is 23.8 Å². The van der Waals surface area contributed by atoms with E-state index < -0.39 is 17.5 Å². The first-order chi connectivity index (χ1) is 20.3. The van der Waals surface area contributed by atoms with Gasteiger partial charge < -0.3 is 19.1 Å². The van der Waals surface area contributed by atoms with Crippen molar-refractivity contribution in [2.45, 2.75) is 97.6 Å². The van der Waals surface area contributed by atoms with E-state index in [0.29, 0.717) is 31.8 Å². The molecule has 0 saturated heterocycles. The summed E-state index contributed by atoms with van der Waals surface area (Å²) in [6.07, 6.45) is 11.0. The average Bonchev–Trinajstić information content (AvgIpc) is 2.93. The van der Waals surface area contributed by atoms with Gasteiger partial charge in [-0.1, -0.05) is 44.4 Å². The Balaban J connectivity index is 1.92. The lowest BCUT2D eigenvalue weighted by Crippen LogP contribution is -2.47. The van der Waals surface area contributed by atoms with E-state index in [-0.39, 0.29) is 17.7 Å². The lowest BCUT2D eigenvalue weighted by molar-refractivity contribution is -0.149. The highest BCUT2D eigenvalue weighted by molar-refractivity contribution is 6.17. The van der Waals surface area contributed by atoms with Crippen LogP contribution in [0, 0.1) is 11.3 Å². The summed E-state index contributed by atoms with van der Waals surface area (Å²) < 4.78 is 16.6. The molecule has 0 spiro atoms. The number of ether oxygens (including phenoxy) is 3. The fourth-order valence-corrected chi connectivity index (χ4v) is 5.16. The Hall–Kier alpha value is -3.08. The third-order valence-electron chi connectivity index (χ3n) is 7.11. The second-order valence-corrected chi connectivity index (χ2v) is 12.9. The Morgan fingerprint density at radius 1 is 1.05 bits per heavy atom. The first-order valence-corrected chi connectivity index (χ1v) is 15.8. The summed E-state index contributed by atoms with van der Waals surface area (Å²) in [6, 6.07) is 7.77. The maximum Gasteiger partial charge on any atom is 0.349 e. The Morgan fingerprint density at radius 2 is 1.72 bits per heavy atom. The van der Waals surface area contributed by atoms with Crippen LogP contribution in [0.25, 0.3) is 11.6 Å². The van der Waals surface area contributed by atoms with Crippen molar-refractivity contribution in [3.05, 3.63) is 53.1 Å². The van der Waals surface area contributed by atoms with E-state index in [1.807, 2.05) is 31.2 Å². The molecule has 0 aromatic heterocycles. The molecule has 0 unspecified atom stereocenters. The van der Waals surface area contributed by atoms with Gasteiger partial charge in [0, 0.05) is 35.7 Å². The third-order valence-corrected chi connectivity index (χ3v) is 7.38. The summed E-state index contributed by atoms with van der Waals surface area (Å²) >= 11 is 5.70. The van der Waals surface area contributed by atoms with Gasteiger partial charge in [0.25, 0.3) is 0 Å². The van der Waals surface area contributed by atoms with Crippen molar-refractivity contribution in [1.29, 1.82) is 5.26 Å². The number of rotatable bonds is 17. The van der Waals surface area contributed by atoms with E-state index >= 15 is 0 Å². The summed E-state index contributed by atoms with van der Waals surface area (Å²) in [7, 11) is 0. The molecular weight excluding hydrogens is 564 g/mol. The van der Waals surface area contributed by atoms with Crippen LogP contribution in [0.15, 0.2) is 42.0 Å². The van der Waals surface area contributed by atoms with E-state index in [1.165, 1.54) is 19.3 Å². The number of nitriles is 1. The molecule has 0 bridgehead atoms. The predicted octanol–water partition coefficient (Wildman–Crippen LogP) is 8.02. The Kier molecular flexibility index (Phi) is 14.5. The molecule has 236 valence electrons. The number of hydrogen-bond donors (Lipinski definition) is 0. The van der Waals surface area contributed by atoms with Gasteiger partial charge in [-0.3, -0.25) is 0 Å². The first-order valence-electron chi connectivity index (χ1n) is 15.2. The topological polar surface area (TPSA) is 88.9 Å². The Morgan fingerprint density at radius 3 is 2.37 bits per heavy atom. The summed E-state index contributed by atoms with van der Waals surface area (Å²) in [4.78, 5) is 27.2. The number of anilines is 1.